The van der Waals surface area contributed by atoms with Gasteiger partial charge in [0, 0.05) is 20.0 Å². The number of rotatable bonds is 4. The maximum Gasteiger partial charge on any atom is 0.310 e. The third-order valence-corrected chi connectivity index (χ3v) is 3.71. The predicted octanol–water partition coefficient (Wildman–Crippen LogP) is 1.64. The van der Waals surface area contributed by atoms with E-state index in [1.807, 2.05) is 6.92 Å². The number of likely N-dealkylation sites (tertiary alicyclic amines) is 1. The fourth-order valence-corrected chi connectivity index (χ4v) is 2.64. The van der Waals surface area contributed by atoms with E-state index in [0.717, 1.165) is 18.5 Å². The van der Waals surface area contributed by atoms with Gasteiger partial charge in [0.05, 0.1) is 24.6 Å². The van der Waals surface area contributed by atoms with E-state index in [9.17, 15) is 9.59 Å². The Hall–Kier alpha value is -1.85. The second kappa shape index (κ2) is 6.74. The number of amides is 1. The molecule has 1 aliphatic heterocycles. The lowest BCUT2D eigenvalue weighted by Gasteiger charge is -2.31. The molecular weight excluding hydrogens is 272 g/mol. The van der Waals surface area contributed by atoms with E-state index in [-0.39, 0.29) is 24.2 Å². The van der Waals surface area contributed by atoms with Gasteiger partial charge in [0.25, 0.3) is 0 Å². The number of hydrogen-bond acceptors (Lipinski definition) is 5. The van der Waals surface area contributed by atoms with Crippen LogP contribution in [-0.2, 0) is 20.7 Å². The van der Waals surface area contributed by atoms with Crippen molar-refractivity contribution in [1.82, 2.24) is 9.88 Å². The minimum Gasteiger partial charge on any atom is -0.466 e. The van der Waals surface area contributed by atoms with Crippen molar-refractivity contribution in [1.29, 1.82) is 0 Å². The monoisotopic (exact) mass is 294 g/mol. The molecule has 1 atom stereocenters. The number of aromatic nitrogens is 1. The quantitative estimate of drug-likeness (QED) is 0.789. The molecule has 0 spiro atoms. The first kappa shape index (κ1) is 15.5. The SMILES string of the molecule is CCOC(=O)C1CCCN(C(=O)Cc2oc(C)nc2C)C1. The average molecular weight is 294 g/mol. The Labute approximate surface area is 124 Å². The minimum atomic E-state index is -0.208. The fourth-order valence-electron chi connectivity index (χ4n) is 2.64. The van der Waals surface area contributed by atoms with E-state index in [4.69, 9.17) is 9.15 Å². The summed E-state index contributed by atoms with van der Waals surface area (Å²) < 4.78 is 10.5. The number of aryl methyl sites for hydroxylation is 2. The van der Waals surface area contributed by atoms with Crippen molar-refractivity contribution >= 4 is 11.9 Å². The molecule has 1 fully saturated rings. The molecule has 1 amide bonds. The Bertz CT molecular complexity index is 524. The summed E-state index contributed by atoms with van der Waals surface area (Å²) in [5.74, 6) is 0.735. The summed E-state index contributed by atoms with van der Waals surface area (Å²) in [7, 11) is 0. The van der Waals surface area contributed by atoms with Crippen LogP contribution in [0.1, 0.15) is 37.1 Å². The Kier molecular flexibility index (Phi) is 4.98. The van der Waals surface area contributed by atoms with Crippen molar-refractivity contribution in [2.45, 2.75) is 40.0 Å². The number of ether oxygens (including phenoxy) is 1. The molecule has 6 nitrogen and oxygen atoms in total. The van der Waals surface area contributed by atoms with Gasteiger partial charge in [-0.3, -0.25) is 9.59 Å². The summed E-state index contributed by atoms with van der Waals surface area (Å²) in [5, 5.41) is 0. The predicted molar refractivity (Wildman–Crippen MR) is 75.6 cm³/mol. The zero-order chi connectivity index (χ0) is 15.4. The Morgan fingerprint density at radius 1 is 1.43 bits per heavy atom. The van der Waals surface area contributed by atoms with Crippen molar-refractivity contribution in [2.75, 3.05) is 19.7 Å². The van der Waals surface area contributed by atoms with Crippen molar-refractivity contribution < 1.29 is 18.7 Å². The van der Waals surface area contributed by atoms with Crippen molar-refractivity contribution in [3.8, 4) is 0 Å². The zero-order valence-corrected chi connectivity index (χ0v) is 12.8. The van der Waals surface area contributed by atoms with Gasteiger partial charge in [0.1, 0.15) is 5.76 Å². The van der Waals surface area contributed by atoms with Gasteiger partial charge < -0.3 is 14.1 Å². The highest BCUT2D eigenvalue weighted by Gasteiger charge is 2.29. The molecule has 1 aliphatic rings. The molecule has 0 N–H and O–H groups in total. The Balaban J connectivity index is 1.96. The molecule has 2 heterocycles. The topological polar surface area (TPSA) is 72.6 Å². The third-order valence-electron chi connectivity index (χ3n) is 3.71. The average Bonchev–Trinajstić information content (AvgIpc) is 2.77. The van der Waals surface area contributed by atoms with E-state index >= 15 is 0 Å². The number of oxazole rings is 1. The van der Waals surface area contributed by atoms with Crippen molar-refractivity contribution in [2.24, 2.45) is 5.92 Å². The lowest BCUT2D eigenvalue weighted by molar-refractivity contribution is -0.151. The number of piperidine rings is 1. The van der Waals surface area contributed by atoms with Gasteiger partial charge in [-0.15, -0.1) is 0 Å². The summed E-state index contributed by atoms with van der Waals surface area (Å²) in [6.45, 7) is 6.87. The molecule has 0 bridgehead atoms. The van der Waals surface area contributed by atoms with Crippen LogP contribution in [0.2, 0.25) is 0 Å². The van der Waals surface area contributed by atoms with Gasteiger partial charge >= 0.3 is 5.97 Å². The summed E-state index contributed by atoms with van der Waals surface area (Å²) in [6, 6.07) is 0. The van der Waals surface area contributed by atoms with Crippen LogP contribution >= 0.6 is 0 Å². The zero-order valence-electron chi connectivity index (χ0n) is 12.8. The normalized spacial score (nSPS) is 18.6. The molecule has 0 aliphatic carbocycles. The third kappa shape index (κ3) is 3.83. The van der Waals surface area contributed by atoms with Crippen LogP contribution in [0, 0.1) is 19.8 Å². The van der Waals surface area contributed by atoms with Crippen molar-refractivity contribution in [3.63, 3.8) is 0 Å². The first-order valence-electron chi connectivity index (χ1n) is 7.38. The van der Waals surface area contributed by atoms with Crippen LogP contribution in [0.3, 0.4) is 0 Å². The van der Waals surface area contributed by atoms with Crippen LogP contribution in [0.15, 0.2) is 4.42 Å². The van der Waals surface area contributed by atoms with Crippen LogP contribution in [0.4, 0.5) is 0 Å². The smallest absolute Gasteiger partial charge is 0.310 e. The lowest BCUT2D eigenvalue weighted by Crippen LogP contribution is -2.43. The van der Waals surface area contributed by atoms with Crippen LogP contribution in [0.5, 0.6) is 0 Å². The molecule has 0 radical (unpaired) electrons. The van der Waals surface area contributed by atoms with E-state index < -0.39 is 0 Å². The number of esters is 1. The van der Waals surface area contributed by atoms with Gasteiger partial charge in [-0.25, -0.2) is 4.98 Å². The highest BCUT2D eigenvalue weighted by atomic mass is 16.5. The fraction of sp³-hybridized carbons (Fsp3) is 0.667. The van der Waals surface area contributed by atoms with Gasteiger partial charge in [-0.2, -0.15) is 0 Å². The van der Waals surface area contributed by atoms with E-state index in [2.05, 4.69) is 4.98 Å². The highest BCUT2D eigenvalue weighted by Crippen LogP contribution is 2.19. The molecule has 1 unspecified atom stereocenters. The van der Waals surface area contributed by atoms with Crippen LogP contribution in [-0.4, -0.2) is 41.5 Å². The molecule has 116 valence electrons. The van der Waals surface area contributed by atoms with E-state index in [0.29, 0.717) is 31.3 Å². The standard InChI is InChI=1S/C15H22N2O4/c1-4-20-15(19)12-6-5-7-17(9-12)14(18)8-13-10(2)16-11(3)21-13/h12H,4-9H2,1-3H3. The molecule has 6 heteroatoms. The molecule has 0 saturated carbocycles. The number of nitrogens with zero attached hydrogens (tertiary/aromatic N) is 2. The summed E-state index contributed by atoms with van der Waals surface area (Å²) >= 11 is 0. The number of hydrogen-bond donors (Lipinski definition) is 0. The number of carbonyl (C=O) groups is 2. The minimum absolute atomic E-state index is 0.0248. The second-order valence-electron chi connectivity index (χ2n) is 5.35. The van der Waals surface area contributed by atoms with Gasteiger partial charge in [0.2, 0.25) is 5.91 Å². The van der Waals surface area contributed by atoms with E-state index in [1.165, 1.54) is 0 Å². The van der Waals surface area contributed by atoms with Crippen molar-refractivity contribution in [3.05, 3.63) is 17.3 Å². The molecule has 21 heavy (non-hydrogen) atoms. The van der Waals surface area contributed by atoms with Gasteiger partial charge in [0.15, 0.2) is 5.89 Å². The summed E-state index contributed by atoms with van der Waals surface area (Å²) in [5.41, 5.74) is 0.750. The molecular formula is C15H22N2O4. The lowest BCUT2D eigenvalue weighted by atomic mass is 9.98. The molecule has 1 aromatic rings. The van der Waals surface area contributed by atoms with Gasteiger partial charge in [-0.05, 0) is 26.7 Å². The first-order chi connectivity index (χ1) is 10.0. The molecule has 1 aromatic heterocycles. The highest BCUT2D eigenvalue weighted by molar-refractivity contribution is 5.80. The Morgan fingerprint density at radius 2 is 2.19 bits per heavy atom. The number of carbonyl (C=O) groups excluding carboxylic acids is 2. The van der Waals surface area contributed by atoms with Gasteiger partial charge in [-0.1, -0.05) is 0 Å². The molecule has 2 rings (SSSR count). The molecule has 0 aromatic carbocycles. The first-order valence-corrected chi connectivity index (χ1v) is 7.38. The summed E-state index contributed by atoms with van der Waals surface area (Å²) in [4.78, 5) is 30.0. The van der Waals surface area contributed by atoms with Crippen LogP contribution in [0.25, 0.3) is 0 Å². The van der Waals surface area contributed by atoms with Crippen LogP contribution < -0.4 is 0 Å². The second-order valence-corrected chi connectivity index (χ2v) is 5.35. The molecule has 1 saturated heterocycles. The Morgan fingerprint density at radius 3 is 2.81 bits per heavy atom. The largest absolute Gasteiger partial charge is 0.466 e. The maximum absolute atomic E-state index is 12.3. The maximum atomic E-state index is 12.3. The summed E-state index contributed by atoms with van der Waals surface area (Å²) in [6.07, 6.45) is 1.80. The van der Waals surface area contributed by atoms with E-state index in [1.54, 1.807) is 18.7 Å².